The number of nitrogens with two attached hydrogens (primary N) is 1. The fourth-order valence-electron chi connectivity index (χ4n) is 2.23. The molecular formula is C17H22ClN3O2. The van der Waals surface area contributed by atoms with Gasteiger partial charge >= 0.3 is 0 Å². The van der Waals surface area contributed by atoms with Crippen LogP contribution in [0.25, 0.3) is 0 Å². The zero-order valence-corrected chi connectivity index (χ0v) is 14.1. The molecule has 5 nitrogen and oxygen atoms in total. The molecule has 1 heterocycles. The van der Waals surface area contributed by atoms with E-state index in [1.54, 1.807) is 0 Å². The van der Waals surface area contributed by atoms with Gasteiger partial charge in [-0.3, -0.25) is 4.79 Å². The van der Waals surface area contributed by atoms with Crippen molar-refractivity contribution in [1.82, 2.24) is 10.3 Å². The number of rotatable bonds is 7. The minimum atomic E-state index is -0.286. The number of nitrogens with one attached hydrogen (secondary N) is 1. The Hall–Kier alpha value is -1.85. The predicted molar refractivity (Wildman–Crippen MR) is 90.4 cm³/mol. The zero-order valence-electron chi connectivity index (χ0n) is 13.4. The van der Waals surface area contributed by atoms with Crippen molar-refractivity contribution in [1.29, 1.82) is 0 Å². The molecular weight excluding hydrogens is 314 g/mol. The largest absolute Gasteiger partial charge is 0.446 e. The van der Waals surface area contributed by atoms with Gasteiger partial charge in [0.15, 0.2) is 5.69 Å². The van der Waals surface area contributed by atoms with E-state index in [0.29, 0.717) is 23.4 Å². The molecule has 0 spiro atoms. The molecule has 1 atom stereocenters. The van der Waals surface area contributed by atoms with Gasteiger partial charge < -0.3 is 15.5 Å². The van der Waals surface area contributed by atoms with Crippen LogP contribution < -0.4 is 11.1 Å². The molecule has 2 aromatic rings. The molecule has 0 aliphatic heterocycles. The second-order valence-corrected chi connectivity index (χ2v) is 6.38. The molecule has 124 valence electrons. The van der Waals surface area contributed by atoms with Gasteiger partial charge in [-0.05, 0) is 36.5 Å². The van der Waals surface area contributed by atoms with Crippen molar-refractivity contribution in [2.45, 2.75) is 32.7 Å². The minimum absolute atomic E-state index is 0.259. The first-order valence-electron chi connectivity index (χ1n) is 7.69. The second kappa shape index (κ2) is 8.13. The quantitative estimate of drug-likeness (QED) is 0.813. The Morgan fingerprint density at radius 2 is 2.04 bits per heavy atom. The van der Waals surface area contributed by atoms with Crippen LogP contribution in [0.15, 0.2) is 34.9 Å². The van der Waals surface area contributed by atoms with Gasteiger partial charge in [-0.25, -0.2) is 4.98 Å². The standard InChI is InChI=1S/C17H22ClN3O2/c1-11(2)9-14(19)17-21-15(10-23-17)16(22)20-8-7-12-3-5-13(18)6-4-12/h3-6,10-11,14H,7-9,19H2,1-2H3,(H,20,22). The number of carbonyl (C=O) groups excluding carboxylic acids is 1. The lowest BCUT2D eigenvalue weighted by molar-refractivity contribution is 0.0949. The van der Waals surface area contributed by atoms with Crippen LogP contribution in [0.1, 0.15) is 48.3 Å². The molecule has 0 aliphatic carbocycles. The highest BCUT2D eigenvalue weighted by Gasteiger charge is 2.17. The highest BCUT2D eigenvalue weighted by Crippen LogP contribution is 2.18. The van der Waals surface area contributed by atoms with Crippen LogP contribution in [0.3, 0.4) is 0 Å². The lowest BCUT2D eigenvalue weighted by Crippen LogP contribution is -2.26. The van der Waals surface area contributed by atoms with Gasteiger partial charge in [-0.2, -0.15) is 0 Å². The van der Waals surface area contributed by atoms with Crippen LogP contribution >= 0.6 is 11.6 Å². The summed E-state index contributed by atoms with van der Waals surface area (Å²) < 4.78 is 5.31. The maximum absolute atomic E-state index is 12.1. The number of halogens is 1. The molecule has 6 heteroatoms. The average molecular weight is 336 g/mol. The minimum Gasteiger partial charge on any atom is -0.446 e. The lowest BCUT2D eigenvalue weighted by Gasteiger charge is -2.09. The van der Waals surface area contributed by atoms with Crippen molar-refractivity contribution in [3.63, 3.8) is 0 Å². The van der Waals surface area contributed by atoms with Crippen LogP contribution in [0, 0.1) is 5.92 Å². The Bertz CT molecular complexity index is 638. The molecule has 0 bridgehead atoms. The summed E-state index contributed by atoms with van der Waals surface area (Å²) in [6, 6.07) is 7.25. The molecule has 0 aliphatic rings. The second-order valence-electron chi connectivity index (χ2n) is 5.94. The Labute approximate surface area is 141 Å². The monoisotopic (exact) mass is 335 g/mol. The van der Waals surface area contributed by atoms with Crippen LogP contribution in [0.2, 0.25) is 5.02 Å². The van der Waals surface area contributed by atoms with E-state index in [1.807, 2.05) is 24.3 Å². The molecule has 0 radical (unpaired) electrons. The summed E-state index contributed by atoms with van der Waals surface area (Å²) in [6.45, 7) is 4.67. The number of carbonyl (C=O) groups is 1. The van der Waals surface area contributed by atoms with E-state index >= 15 is 0 Å². The van der Waals surface area contributed by atoms with Crippen LogP contribution in [-0.2, 0) is 6.42 Å². The maximum Gasteiger partial charge on any atom is 0.273 e. The summed E-state index contributed by atoms with van der Waals surface area (Å²) in [5.74, 6) is 0.584. The first kappa shape index (κ1) is 17.5. The first-order valence-corrected chi connectivity index (χ1v) is 8.07. The molecule has 1 aromatic heterocycles. The van der Waals surface area contributed by atoms with Gasteiger partial charge in [0.05, 0.1) is 6.04 Å². The van der Waals surface area contributed by atoms with Crippen molar-refractivity contribution < 1.29 is 9.21 Å². The first-order chi connectivity index (χ1) is 11.0. The molecule has 0 fully saturated rings. The smallest absolute Gasteiger partial charge is 0.273 e. The number of aromatic nitrogens is 1. The van der Waals surface area contributed by atoms with Crippen LogP contribution in [0.5, 0.6) is 0 Å². The Balaban J connectivity index is 1.84. The molecule has 3 N–H and O–H groups in total. The Morgan fingerprint density at radius 3 is 2.70 bits per heavy atom. The average Bonchev–Trinajstić information content (AvgIpc) is 2.98. The number of hydrogen-bond donors (Lipinski definition) is 2. The number of benzene rings is 1. The van der Waals surface area contributed by atoms with Gasteiger partial charge in [-0.1, -0.05) is 37.6 Å². The van der Waals surface area contributed by atoms with E-state index < -0.39 is 0 Å². The summed E-state index contributed by atoms with van der Waals surface area (Å²) in [6.07, 6.45) is 2.84. The van der Waals surface area contributed by atoms with E-state index in [0.717, 1.165) is 18.4 Å². The van der Waals surface area contributed by atoms with Crippen molar-refractivity contribution >= 4 is 17.5 Å². The summed E-state index contributed by atoms with van der Waals surface area (Å²) in [4.78, 5) is 16.2. The van der Waals surface area contributed by atoms with Gasteiger partial charge in [0.25, 0.3) is 5.91 Å². The van der Waals surface area contributed by atoms with Crippen LogP contribution in [-0.4, -0.2) is 17.4 Å². The van der Waals surface area contributed by atoms with Gasteiger partial charge in [0.1, 0.15) is 6.26 Å². The highest BCUT2D eigenvalue weighted by atomic mass is 35.5. The molecule has 1 amide bonds. The van der Waals surface area contributed by atoms with E-state index in [4.69, 9.17) is 21.8 Å². The predicted octanol–water partition coefficient (Wildman–Crippen LogP) is 3.35. The Kier molecular flexibility index (Phi) is 6.19. The summed E-state index contributed by atoms with van der Waals surface area (Å²) in [7, 11) is 0. The van der Waals surface area contributed by atoms with E-state index in [9.17, 15) is 4.79 Å². The van der Waals surface area contributed by atoms with Crippen molar-refractivity contribution in [3.05, 3.63) is 52.7 Å². The van der Waals surface area contributed by atoms with Crippen molar-refractivity contribution in [2.24, 2.45) is 11.7 Å². The van der Waals surface area contributed by atoms with Crippen molar-refractivity contribution in [2.75, 3.05) is 6.54 Å². The summed E-state index contributed by atoms with van der Waals surface area (Å²) in [5, 5.41) is 3.52. The molecule has 0 saturated carbocycles. The topological polar surface area (TPSA) is 81.1 Å². The van der Waals surface area contributed by atoms with E-state index in [1.165, 1.54) is 6.26 Å². The fourth-order valence-corrected chi connectivity index (χ4v) is 2.36. The fraction of sp³-hybridized carbons (Fsp3) is 0.412. The summed E-state index contributed by atoms with van der Waals surface area (Å²) in [5.41, 5.74) is 7.36. The maximum atomic E-state index is 12.1. The third-order valence-electron chi connectivity index (χ3n) is 3.41. The highest BCUT2D eigenvalue weighted by molar-refractivity contribution is 6.30. The third-order valence-corrected chi connectivity index (χ3v) is 3.66. The third kappa shape index (κ3) is 5.37. The van der Waals surface area contributed by atoms with Gasteiger partial charge in [0, 0.05) is 11.6 Å². The van der Waals surface area contributed by atoms with Gasteiger partial charge in [-0.15, -0.1) is 0 Å². The summed E-state index contributed by atoms with van der Waals surface area (Å²) >= 11 is 5.84. The zero-order chi connectivity index (χ0) is 16.8. The lowest BCUT2D eigenvalue weighted by atomic mass is 10.0. The van der Waals surface area contributed by atoms with Crippen molar-refractivity contribution in [3.8, 4) is 0 Å². The SMILES string of the molecule is CC(C)CC(N)c1nc(C(=O)NCCc2ccc(Cl)cc2)co1. The normalized spacial score (nSPS) is 12.4. The Morgan fingerprint density at radius 1 is 1.35 bits per heavy atom. The van der Waals surface area contributed by atoms with E-state index in [2.05, 4.69) is 24.1 Å². The molecule has 1 aromatic carbocycles. The number of oxazole rings is 1. The molecule has 0 saturated heterocycles. The van der Waals surface area contributed by atoms with Crippen LogP contribution in [0.4, 0.5) is 0 Å². The molecule has 23 heavy (non-hydrogen) atoms. The van der Waals surface area contributed by atoms with Gasteiger partial charge in [0.2, 0.25) is 5.89 Å². The number of hydrogen-bond acceptors (Lipinski definition) is 4. The molecule has 1 unspecified atom stereocenters. The molecule has 2 rings (SSSR count). The number of nitrogens with zero attached hydrogens (tertiary/aromatic N) is 1. The number of amides is 1. The van der Waals surface area contributed by atoms with E-state index in [-0.39, 0.29) is 17.6 Å².